The number of hydrogen-bond acceptors (Lipinski definition) is 6. The lowest BCUT2D eigenvalue weighted by Crippen LogP contribution is -2.32. The van der Waals surface area contributed by atoms with E-state index >= 15 is 0 Å². The van der Waals surface area contributed by atoms with Gasteiger partial charge in [-0.15, -0.1) is 0 Å². The van der Waals surface area contributed by atoms with Gasteiger partial charge in [0.1, 0.15) is 16.4 Å². The summed E-state index contributed by atoms with van der Waals surface area (Å²) in [5, 5.41) is 21.9. The molecule has 1 aliphatic rings. The summed E-state index contributed by atoms with van der Waals surface area (Å²) in [4.78, 5) is 33.4. The van der Waals surface area contributed by atoms with Crippen molar-refractivity contribution < 1.29 is 14.6 Å². The number of nitrogens with zero attached hydrogens (tertiary/aromatic N) is 3. The highest BCUT2D eigenvalue weighted by atomic mass is 35.5. The summed E-state index contributed by atoms with van der Waals surface area (Å²) in [5.74, 6) is 0.313. The smallest absolute Gasteiger partial charge is 0.287 e. The number of hydrogen-bond donors (Lipinski definition) is 0. The Balaban J connectivity index is 2.33. The first kappa shape index (κ1) is 17.6. The maximum Gasteiger partial charge on any atom is 0.287 e. The third-order valence-corrected chi connectivity index (χ3v) is 4.01. The van der Waals surface area contributed by atoms with Crippen LogP contribution in [0.2, 0.25) is 5.02 Å². The molecule has 9 nitrogen and oxygen atoms in total. The number of nitro benzene ring substituents is 1. The molecule has 10 heteroatoms. The van der Waals surface area contributed by atoms with Crippen LogP contribution in [0.15, 0.2) is 41.3 Å². The molecule has 3 rings (SSSR count). The molecule has 0 spiro atoms. The molecule has 0 amide bonds. The van der Waals surface area contributed by atoms with Crippen molar-refractivity contribution >= 4 is 28.7 Å². The van der Waals surface area contributed by atoms with E-state index in [0.717, 1.165) is 16.8 Å². The number of fused-ring (bicyclic) bond motifs is 1. The van der Waals surface area contributed by atoms with E-state index in [9.17, 15) is 25.0 Å². The van der Waals surface area contributed by atoms with Crippen LogP contribution in [0.25, 0.3) is 5.70 Å². The molecular formula is C16H12ClN3O6. The molecule has 2 aromatic rings. The maximum absolute atomic E-state index is 12.5. The van der Waals surface area contributed by atoms with Crippen LogP contribution in [0.4, 0.5) is 11.4 Å². The summed E-state index contributed by atoms with van der Waals surface area (Å²) in [5.41, 5.74) is -1.64. The Morgan fingerprint density at radius 3 is 2.38 bits per heavy atom. The second-order valence-electron chi connectivity index (χ2n) is 6.15. The van der Waals surface area contributed by atoms with Gasteiger partial charge >= 0.3 is 0 Å². The van der Waals surface area contributed by atoms with Crippen molar-refractivity contribution in [2.45, 2.75) is 19.4 Å². The van der Waals surface area contributed by atoms with E-state index in [1.165, 1.54) is 18.2 Å². The molecule has 0 atom stereocenters. The number of nitro groups is 2. The summed E-state index contributed by atoms with van der Waals surface area (Å²) in [7, 11) is 0. The molecule has 0 radical (unpaired) electrons. The summed E-state index contributed by atoms with van der Waals surface area (Å²) in [6.07, 6.45) is 2.59. The Hall–Kier alpha value is -3.20. The van der Waals surface area contributed by atoms with E-state index < -0.39 is 21.0 Å². The first-order valence-electron chi connectivity index (χ1n) is 7.37. The van der Waals surface area contributed by atoms with Gasteiger partial charge in [-0.3, -0.25) is 29.6 Å². The zero-order valence-electron chi connectivity index (χ0n) is 13.6. The van der Waals surface area contributed by atoms with Crippen LogP contribution in [0.3, 0.4) is 0 Å². The topological polar surface area (TPSA) is 118 Å². The lowest BCUT2D eigenvalue weighted by Gasteiger charge is -2.31. The van der Waals surface area contributed by atoms with Crippen molar-refractivity contribution in [3.05, 3.63) is 77.7 Å². The van der Waals surface area contributed by atoms with Crippen LogP contribution >= 0.6 is 11.6 Å². The highest BCUT2D eigenvalue weighted by molar-refractivity contribution is 6.30. The van der Waals surface area contributed by atoms with E-state index in [4.69, 9.17) is 16.3 Å². The Morgan fingerprint density at radius 2 is 1.77 bits per heavy atom. The molecule has 0 unspecified atom stereocenters. The number of ether oxygens (including phenoxy) is 1. The highest BCUT2D eigenvalue weighted by Gasteiger charge is 2.30. The molecule has 0 N–H and O–H groups in total. The van der Waals surface area contributed by atoms with Crippen LogP contribution < -0.4 is 10.3 Å². The van der Waals surface area contributed by atoms with Crippen LogP contribution in [0.5, 0.6) is 5.75 Å². The fourth-order valence-electron chi connectivity index (χ4n) is 2.65. The minimum absolute atomic E-state index is 0.206. The number of rotatable bonds is 3. The third-order valence-electron chi connectivity index (χ3n) is 3.74. The fraction of sp³-hybridized carbons (Fsp3) is 0.188. The molecule has 0 aliphatic carbocycles. The second-order valence-corrected chi connectivity index (χ2v) is 6.56. The maximum atomic E-state index is 12.5. The van der Waals surface area contributed by atoms with Gasteiger partial charge in [0.05, 0.1) is 21.7 Å². The van der Waals surface area contributed by atoms with Gasteiger partial charge in [0, 0.05) is 23.8 Å². The molecule has 1 aromatic heterocycles. The van der Waals surface area contributed by atoms with Crippen LogP contribution in [0.1, 0.15) is 19.4 Å². The predicted octanol–water partition coefficient (Wildman–Crippen LogP) is 3.38. The van der Waals surface area contributed by atoms with E-state index in [1.54, 1.807) is 19.9 Å². The molecule has 0 saturated carbocycles. The summed E-state index contributed by atoms with van der Waals surface area (Å²) < 4.78 is 6.78. The molecule has 1 aliphatic heterocycles. The average Bonchev–Trinajstić information content (AvgIpc) is 2.55. The number of aromatic nitrogens is 1. The normalized spacial score (nSPS) is 14.8. The monoisotopic (exact) mass is 377 g/mol. The van der Waals surface area contributed by atoms with E-state index in [0.29, 0.717) is 5.75 Å². The summed E-state index contributed by atoms with van der Waals surface area (Å²) in [6.45, 7) is 3.45. The molecule has 134 valence electrons. The van der Waals surface area contributed by atoms with Crippen LogP contribution in [-0.4, -0.2) is 20.0 Å². The SMILES string of the molecule is CC1(C)C=C(n2cc([N+](=O)[O-])cc(Cl)c2=O)c2cc([N+](=O)[O-])ccc2O1. The number of non-ortho nitro benzene ring substituents is 1. The Labute approximate surface area is 151 Å². The van der Waals surface area contributed by atoms with Gasteiger partial charge in [-0.25, -0.2) is 0 Å². The van der Waals surface area contributed by atoms with Gasteiger partial charge in [-0.05, 0) is 26.0 Å². The Bertz CT molecular complexity index is 1040. The molecule has 0 saturated heterocycles. The van der Waals surface area contributed by atoms with Crippen molar-refractivity contribution in [3.63, 3.8) is 0 Å². The summed E-state index contributed by atoms with van der Waals surface area (Å²) in [6, 6.07) is 4.91. The standard InChI is InChI=1S/C16H12ClN3O6/c1-16(2)7-13(11-5-9(19(22)23)3-4-14(11)26-16)18-8-10(20(24)25)6-12(17)15(18)21/h3-8H,1-2H3. The quantitative estimate of drug-likeness (QED) is 0.597. The Kier molecular flexibility index (Phi) is 4.03. The van der Waals surface area contributed by atoms with E-state index in [2.05, 4.69) is 0 Å². The number of pyridine rings is 1. The molecule has 26 heavy (non-hydrogen) atoms. The largest absolute Gasteiger partial charge is 0.483 e. The highest BCUT2D eigenvalue weighted by Crippen LogP contribution is 2.38. The van der Waals surface area contributed by atoms with Crippen molar-refractivity contribution in [1.29, 1.82) is 0 Å². The third kappa shape index (κ3) is 3.04. The van der Waals surface area contributed by atoms with Crippen LogP contribution in [0, 0.1) is 20.2 Å². The zero-order valence-corrected chi connectivity index (χ0v) is 14.4. The van der Waals surface area contributed by atoms with E-state index in [1.807, 2.05) is 0 Å². The molecule has 0 bridgehead atoms. The number of halogens is 1. The average molecular weight is 378 g/mol. The molecule has 0 fully saturated rings. The van der Waals surface area contributed by atoms with Crippen LogP contribution in [-0.2, 0) is 0 Å². The van der Waals surface area contributed by atoms with Gasteiger partial charge in [0.2, 0.25) is 0 Å². The molecular weight excluding hydrogens is 366 g/mol. The Morgan fingerprint density at radius 1 is 1.12 bits per heavy atom. The van der Waals surface area contributed by atoms with Gasteiger partial charge in [-0.2, -0.15) is 0 Å². The lowest BCUT2D eigenvalue weighted by atomic mass is 9.98. The lowest BCUT2D eigenvalue weighted by molar-refractivity contribution is -0.385. The molecule has 2 heterocycles. The minimum Gasteiger partial charge on any atom is -0.483 e. The van der Waals surface area contributed by atoms with Crippen molar-refractivity contribution in [2.24, 2.45) is 0 Å². The second kappa shape index (κ2) is 5.95. The zero-order chi connectivity index (χ0) is 19.2. The first-order chi connectivity index (χ1) is 12.1. The van der Waals surface area contributed by atoms with Crippen molar-refractivity contribution in [3.8, 4) is 5.75 Å². The van der Waals surface area contributed by atoms with Crippen molar-refractivity contribution in [1.82, 2.24) is 4.57 Å². The first-order valence-corrected chi connectivity index (χ1v) is 7.74. The van der Waals surface area contributed by atoms with E-state index in [-0.39, 0.29) is 27.7 Å². The van der Waals surface area contributed by atoms with Gasteiger partial charge in [0.25, 0.3) is 16.9 Å². The van der Waals surface area contributed by atoms with Gasteiger partial charge in [-0.1, -0.05) is 11.6 Å². The van der Waals surface area contributed by atoms with Gasteiger partial charge < -0.3 is 4.74 Å². The van der Waals surface area contributed by atoms with Crippen molar-refractivity contribution in [2.75, 3.05) is 0 Å². The summed E-state index contributed by atoms with van der Waals surface area (Å²) >= 11 is 5.86. The van der Waals surface area contributed by atoms with Gasteiger partial charge in [0.15, 0.2) is 0 Å². The minimum atomic E-state index is -0.852. The predicted molar refractivity (Wildman–Crippen MR) is 93.5 cm³/mol. The molecule has 1 aromatic carbocycles. The fourth-order valence-corrected chi connectivity index (χ4v) is 2.86. The number of benzene rings is 1.